The molecule has 0 aromatic heterocycles. The van der Waals surface area contributed by atoms with Crippen LogP contribution in [0.25, 0.3) is 0 Å². The van der Waals surface area contributed by atoms with E-state index < -0.39 is 34.2 Å². The Morgan fingerprint density at radius 1 is 1.03 bits per heavy atom. The highest BCUT2D eigenvalue weighted by Crippen LogP contribution is 2.37. The first-order chi connectivity index (χ1) is 13.4. The van der Waals surface area contributed by atoms with Crippen LogP contribution in [0.3, 0.4) is 0 Å². The van der Waals surface area contributed by atoms with E-state index in [0.717, 1.165) is 0 Å². The van der Waals surface area contributed by atoms with Gasteiger partial charge >= 0.3 is 7.12 Å². The lowest BCUT2D eigenvalue weighted by atomic mass is 9.79. The smallest absolute Gasteiger partial charge is 0.495 e. The monoisotopic (exact) mass is 421 g/mol. The molecule has 1 aliphatic rings. The standard InChI is InChI=1S/C20H25BFNO5S/c1-19(2)20(3,4)28-21(27-19)15-10-17(12-18(11-15)26-5)23-29(24,25)13-14-6-8-16(22)9-7-14/h6-12,23H,13H2,1-5H3. The SMILES string of the molecule is COc1cc(NS(=O)(=O)Cc2ccc(F)cc2)cc(B2OC(C)(C)C(C)(C)O2)c1. The number of hydrogen-bond donors (Lipinski definition) is 1. The van der Waals surface area contributed by atoms with Crippen LogP contribution in [0.2, 0.25) is 0 Å². The van der Waals surface area contributed by atoms with E-state index in [-0.39, 0.29) is 5.75 Å². The van der Waals surface area contributed by atoms with Crippen LogP contribution in [0, 0.1) is 5.82 Å². The number of nitrogens with one attached hydrogen (secondary N) is 1. The number of rotatable bonds is 6. The molecule has 0 radical (unpaired) electrons. The second-order valence-electron chi connectivity index (χ2n) is 8.07. The highest BCUT2D eigenvalue weighted by atomic mass is 32.2. The summed E-state index contributed by atoms with van der Waals surface area (Å²) in [6.45, 7) is 7.78. The zero-order valence-corrected chi connectivity index (χ0v) is 18.0. The van der Waals surface area contributed by atoms with Crippen LogP contribution in [0.5, 0.6) is 5.75 Å². The minimum Gasteiger partial charge on any atom is -0.497 e. The topological polar surface area (TPSA) is 73.9 Å². The zero-order valence-electron chi connectivity index (χ0n) is 17.2. The van der Waals surface area contributed by atoms with Crippen molar-refractivity contribution >= 4 is 28.3 Å². The molecule has 1 N–H and O–H groups in total. The summed E-state index contributed by atoms with van der Waals surface area (Å²) in [5.74, 6) is -0.230. The number of methoxy groups -OCH3 is 1. The second-order valence-corrected chi connectivity index (χ2v) is 9.79. The molecule has 2 aromatic carbocycles. The first kappa shape index (κ1) is 21.6. The summed E-state index contributed by atoms with van der Waals surface area (Å²) < 4.78 is 58.2. The van der Waals surface area contributed by atoms with Gasteiger partial charge in [-0.3, -0.25) is 4.72 Å². The predicted octanol–water partition coefficient (Wildman–Crippen LogP) is 3.08. The Bertz CT molecular complexity index is 976. The minimum atomic E-state index is -3.72. The van der Waals surface area contributed by atoms with Gasteiger partial charge in [0.2, 0.25) is 10.0 Å². The third kappa shape index (κ3) is 4.91. The van der Waals surface area contributed by atoms with Crippen molar-refractivity contribution in [1.29, 1.82) is 0 Å². The third-order valence-corrected chi connectivity index (χ3v) is 6.49. The maximum atomic E-state index is 13.0. The molecular weight excluding hydrogens is 396 g/mol. The number of hydrogen-bond acceptors (Lipinski definition) is 5. The summed E-state index contributed by atoms with van der Waals surface area (Å²) in [5, 5.41) is 0. The fourth-order valence-electron chi connectivity index (χ4n) is 2.93. The number of halogens is 1. The highest BCUT2D eigenvalue weighted by Gasteiger charge is 2.51. The molecule has 2 aromatic rings. The van der Waals surface area contributed by atoms with Crippen molar-refractivity contribution in [3.8, 4) is 5.75 Å². The average Bonchev–Trinajstić information content (AvgIpc) is 2.83. The molecule has 0 aliphatic carbocycles. The molecule has 0 bridgehead atoms. The molecule has 0 atom stereocenters. The van der Waals surface area contributed by atoms with Crippen molar-refractivity contribution in [2.45, 2.75) is 44.6 Å². The van der Waals surface area contributed by atoms with E-state index >= 15 is 0 Å². The second kappa shape index (κ2) is 7.62. The molecule has 0 saturated carbocycles. The predicted molar refractivity (Wildman–Crippen MR) is 111 cm³/mol. The Hall–Kier alpha value is -2.10. The Kier molecular flexibility index (Phi) is 5.68. The van der Waals surface area contributed by atoms with Crippen molar-refractivity contribution in [3.63, 3.8) is 0 Å². The molecule has 0 unspecified atom stereocenters. The van der Waals surface area contributed by atoms with Crippen LogP contribution in [-0.4, -0.2) is 33.8 Å². The number of sulfonamides is 1. The molecule has 29 heavy (non-hydrogen) atoms. The van der Waals surface area contributed by atoms with Gasteiger partial charge in [-0.15, -0.1) is 0 Å². The van der Waals surface area contributed by atoms with Crippen molar-refractivity contribution in [3.05, 3.63) is 53.8 Å². The Labute approximate surface area is 171 Å². The van der Waals surface area contributed by atoms with Crippen LogP contribution in [-0.2, 0) is 25.1 Å². The lowest BCUT2D eigenvalue weighted by Gasteiger charge is -2.32. The summed E-state index contributed by atoms with van der Waals surface area (Å²) in [5.41, 5.74) is 0.401. The van der Waals surface area contributed by atoms with E-state index in [9.17, 15) is 12.8 Å². The molecule has 0 spiro atoms. The maximum Gasteiger partial charge on any atom is 0.495 e. The minimum absolute atomic E-state index is 0.281. The average molecular weight is 421 g/mol. The van der Waals surface area contributed by atoms with Gasteiger partial charge in [0, 0.05) is 6.07 Å². The van der Waals surface area contributed by atoms with E-state index in [2.05, 4.69) is 4.72 Å². The number of ether oxygens (including phenoxy) is 1. The van der Waals surface area contributed by atoms with E-state index in [4.69, 9.17) is 14.0 Å². The lowest BCUT2D eigenvalue weighted by molar-refractivity contribution is 0.00578. The quantitative estimate of drug-likeness (QED) is 0.726. The van der Waals surface area contributed by atoms with E-state index in [1.165, 1.54) is 31.4 Å². The largest absolute Gasteiger partial charge is 0.497 e. The summed E-state index contributed by atoms with van der Waals surface area (Å²) >= 11 is 0. The first-order valence-electron chi connectivity index (χ1n) is 9.20. The molecule has 9 heteroatoms. The molecular formula is C20H25BFNO5S. The lowest BCUT2D eigenvalue weighted by Crippen LogP contribution is -2.41. The Balaban J connectivity index is 1.84. The summed E-state index contributed by atoms with van der Waals surface area (Å²) in [7, 11) is -2.88. The summed E-state index contributed by atoms with van der Waals surface area (Å²) in [6, 6.07) is 10.3. The van der Waals surface area contributed by atoms with Gasteiger partial charge in [0.05, 0.1) is 29.8 Å². The van der Waals surface area contributed by atoms with Gasteiger partial charge in [0.15, 0.2) is 0 Å². The van der Waals surface area contributed by atoms with Crippen molar-refractivity contribution in [1.82, 2.24) is 0 Å². The van der Waals surface area contributed by atoms with Crippen LogP contribution >= 0.6 is 0 Å². The normalized spacial score (nSPS) is 17.9. The van der Waals surface area contributed by atoms with Gasteiger partial charge in [-0.25, -0.2) is 12.8 Å². The number of anilines is 1. The van der Waals surface area contributed by atoms with Crippen LogP contribution in [0.4, 0.5) is 10.1 Å². The summed E-state index contributed by atoms with van der Waals surface area (Å²) in [4.78, 5) is 0. The summed E-state index contributed by atoms with van der Waals surface area (Å²) in [6.07, 6.45) is 0. The van der Waals surface area contributed by atoms with Gasteiger partial charge < -0.3 is 14.0 Å². The molecule has 1 saturated heterocycles. The molecule has 156 valence electrons. The fourth-order valence-corrected chi connectivity index (χ4v) is 4.11. The van der Waals surface area contributed by atoms with Gasteiger partial charge in [-0.1, -0.05) is 12.1 Å². The molecule has 6 nitrogen and oxygen atoms in total. The number of benzene rings is 2. The van der Waals surface area contributed by atoms with Gasteiger partial charge in [0.25, 0.3) is 0 Å². The third-order valence-electron chi connectivity index (χ3n) is 5.23. The maximum absolute atomic E-state index is 13.0. The van der Waals surface area contributed by atoms with E-state index in [1.807, 2.05) is 27.7 Å². The van der Waals surface area contributed by atoms with Crippen molar-refractivity contribution < 1.29 is 26.9 Å². The molecule has 1 heterocycles. The van der Waals surface area contributed by atoms with Gasteiger partial charge in [-0.2, -0.15) is 0 Å². The molecule has 3 rings (SSSR count). The first-order valence-corrected chi connectivity index (χ1v) is 10.9. The van der Waals surface area contributed by atoms with Gasteiger partial charge in [0.1, 0.15) is 11.6 Å². The van der Waals surface area contributed by atoms with E-state index in [1.54, 1.807) is 18.2 Å². The highest BCUT2D eigenvalue weighted by molar-refractivity contribution is 7.91. The molecule has 1 fully saturated rings. The van der Waals surface area contributed by atoms with Crippen LogP contribution < -0.4 is 14.9 Å². The van der Waals surface area contributed by atoms with Crippen molar-refractivity contribution in [2.75, 3.05) is 11.8 Å². The van der Waals surface area contributed by atoms with Crippen LogP contribution in [0.15, 0.2) is 42.5 Å². The molecule has 1 aliphatic heterocycles. The zero-order chi connectivity index (χ0) is 21.4. The molecule has 0 amide bonds. The Morgan fingerprint density at radius 2 is 1.62 bits per heavy atom. The van der Waals surface area contributed by atoms with Gasteiger partial charge in [-0.05, 0) is 63.0 Å². The van der Waals surface area contributed by atoms with E-state index in [0.29, 0.717) is 22.5 Å². The van der Waals surface area contributed by atoms with Crippen molar-refractivity contribution in [2.24, 2.45) is 0 Å². The Morgan fingerprint density at radius 3 is 2.17 bits per heavy atom. The fraction of sp³-hybridized carbons (Fsp3) is 0.400. The van der Waals surface area contributed by atoms with Crippen LogP contribution in [0.1, 0.15) is 33.3 Å².